The van der Waals surface area contributed by atoms with Gasteiger partial charge in [-0.1, -0.05) is 6.07 Å². The number of nitrogens with zero attached hydrogens (tertiary/aromatic N) is 1. The van der Waals surface area contributed by atoms with Crippen molar-refractivity contribution in [1.29, 1.82) is 0 Å². The average molecular weight is 222 g/mol. The maximum atomic E-state index is 11.5. The summed E-state index contributed by atoms with van der Waals surface area (Å²) in [5.41, 5.74) is -0.500. The summed E-state index contributed by atoms with van der Waals surface area (Å²) in [4.78, 5) is 26.2. The van der Waals surface area contributed by atoms with Crippen molar-refractivity contribution in [3.05, 3.63) is 30.1 Å². The van der Waals surface area contributed by atoms with E-state index in [1.54, 1.807) is 24.5 Å². The Bertz CT molecular complexity index is 387. The Balaban J connectivity index is 2.58. The van der Waals surface area contributed by atoms with Crippen LogP contribution >= 0.6 is 0 Å². The van der Waals surface area contributed by atoms with Crippen LogP contribution in [-0.4, -0.2) is 27.5 Å². The number of pyridine rings is 1. The first kappa shape index (κ1) is 12.2. The lowest BCUT2D eigenvalue weighted by Crippen LogP contribution is -2.50. The molecule has 0 saturated heterocycles. The van der Waals surface area contributed by atoms with E-state index in [2.05, 4.69) is 10.3 Å². The summed E-state index contributed by atoms with van der Waals surface area (Å²) in [6.07, 6.45) is 3.32. The van der Waals surface area contributed by atoms with E-state index in [1.807, 2.05) is 0 Å². The van der Waals surface area contributed by atoms with E-state index in [9.17, 15) is 9.59 Å². The van der Waals surface area contributed by atoms with Gasteiger partial charge in [-0.05, 0) is 25.5 Å². The molecule has 0 saturated carbocycles. The van der Waals surface area contributed by atoms with E-state index in [0.717, 1.165) is 5.56 Å². The van der Waals surface area contributed by atoms with Crippen LogP contribution in [0.1, 0.15) is 19.4 Å². The highest BCUT2D eigenvalue weighted by atomic mass is 16.4. The standard InChI is InChI=1S/C11H14N2O3/c1-11(2,10(15)16)13-9(14)6-8-4-3-5-12-7-8/h3-5,7H,6H2,1-2H3,(H,13,14)(H,15,16). The molecule has 0 bridgehead atoms. The number of carbonyl (C=O) groups is 2. The van der Waals surface area contributed by atoms with Crippen molar-refractivity contribution in [2.75, 3.05) is 0 Å². The third-order valence-corrected chi connectivity index (χ3v) is 2.07. The zero-order valence-electron chi connectivity index (χ0n) is 9.23. The number of rotatable bonds is 4. The molecule has 16 heavy (non-hydrogen) atoms. The number of carbonyl (C=O) groups excluding carboxylic acids is 1. The fourth-order valence-corrected chi connectivity index (χ4v) is 1.13. The molecule has 5 heteroatoms. The first-order valence-corrected chi connectivity index (χ1v) is 4.85. The largest absolute Gasteiger partial charge is 0.480 e. The van der Waals surface area contributed by atoms with E-state index in [-0.39, 0.29) is 12.3 Å². The fraction of sp³-hybridized carbons (Fsp3) is 0.364. The maximum absolute atomic E-state index is 11.5. The lowest BCUT2D eigenvalue weighted by molar-refractivity contribution is -0.145. The van der Waals surface area contributed by atoms with Crippen molar-refractivity contribution in [3.63, 3.8) is 0 Å². The predicted octanol–water partition coefficient (Wildman–Crippen LogP) is 0.603. The molecule has 0 aromatic carbocycles. The van der Waals surface area contributed by atoms with Gasteiger partial charge in [-0.25, -0.2) is 4.79 Å². The Morgan fingerprint density at radius 3 is 2.69 bits per heavy atom. The lowest BCUT2D eigenvalue weighted by Gasteiger charge is -2.20. The van der Waals surface area contributed by atoms with Gasteiger partial charge in [0.05, 0.1) is 6.42 Å². The number of aliphatic carboxylic acids is 1. The molecule has 86 valence electrons. The number of aromatic nitrogens is 1. The van der Waals surface area contributed by atoms with Gasteiger partial charge in [0.25, 0.3) is 0 Å². The Morgan fingerprint density at radius 2 is 2.19 bits per heavy atom. The molecule has 0 radical (unpaired) electrons. The number of amides is 1. The SMILES string of the molecule is CC(C)(NC(=O)Cc1cccnc1)C(=O)O. The van der Waals surface area contributed by atoms with E-state index >= 15 is 0 Å². The van der Waals surface area contributed by atoms with Gasteiger partial charge in [0, 0.05) is 12.4 Å². The van der Waals surface area contributed by atoms with E-state index in [0.29, 0.717) is 0 Å². The molecule has 1 aromatic rings. The van der Waals surface area contributed by atoms with Crippen LogP contribution < -0.4 is 5.32 Å². The lowest BCUT2D eigenvalue weighted by atomic mass is 10.1. The summed E-state index contributed by atoms with van der Waals surface area (Å²) >= 11 is 0. The number of hydrogen-bond acceptors (Lipinski definition) is 3. The highest BCUT2D eigenvalue weighted by molar-refractivity contribution is 5.87. The number of nitrogens with one attached hydrogen (secondary N) is 1. The molecule has 0 atom stereocenters. The molecule has 1 rings (SSSR count). The summed E-state index contributed by atoms with van der Waals surface area (Å²) in [6, 6.07) is 3.49. The van der Waals surface area contributed by atoms with Crippen molar-refractivity contribution < 1.29 is 14.7 Å². The van der Waals surface area contributed by atoms with Gasteiger partial charge >= 0.3 is 5.97 Å². The molecular weight excluding hydrogens is 208 g/mol. The Morgan fingerprint density at radius 1 is 1.50 bits per heavy atom. The molecular formula is C11H14N2O3. The molecule has 1 amide bonds. The highest BCUT2D eigenvalue weighted by Crippen LogP contribution is 2.03. The van der Waals surface area contributed by atoms with Crippen LogP contribution in [0.2, 0.25) is 0 Å². The summed E-state index contributed by atoms with van der Waals surface area (Å²) in [5, 5.41) is 11.3. The Hall–Kier alpha value is -1.91. The fourth-order valence-electron chi connectivity index (χ4n) is 1.13. The summed E-state index contributed by atoms with van der Waals surface area (Å²) in [5.74, 6) is -1.40. The van der Waals surface area contributed by atoms with E-state index < -0.39 is 11.5 Å². The number of carboxylic acid groups (broad SMARTS) is 1. The minimum atomic E-state index is -1.25. The van der Waals surface area contributed by atoms with Crippen molar-refractivity contribution in [1.82, 2.24) is 10.3 Å². The Kier molecular flexibility index (Phi) is 3.60. The van der Waals surface area contributed by atoms with Crippen LogP contribution in [0.15, 0.2) is 24.5 Å². The van der Waals surface area contributed by atoms with Crippen LogP contribution in [0, 0.1) is 0 Å². The minimum absolute atomic E-state index is 0.130. The molecule has 1 heterocycles. The van der Waals surface area contributed by atoms with Crippen LogP contribution in [0.25, 0.3) is 0 Å². The molecule has 0 spiro atoms. The number of hydrogen-bond donors (Lipinski definition) is 2. The predicted molar refractivity (Wildman–Crippen MR) is 57.8 cm³/mol. The van der Waals surface area contributed by atoms with Crippen molar-refractivity contribution >= 4 is 11.9 Å². The van der Waals surface area contributed by atoms with Crippen molar-refractivity contribution in [2.24, 2.45) is 0 Å². The molecule has 0 aliphatic heterocycles. The van der Waals surface area contributed by atoms with Crippen LogP contribution in [-0.2, 0) is 16.0 Å². The molecule has 2 N–H and O–H groups in total. The highest BCUT2D eigenvalue weighted by Gasteiger charge is 2.28. The van der Waals surface area contributed by atoms with Crippen LogP contribution in [0.3, 0.4) is 0 Å². The second kappa shape index (κ2) is 4.74. The van der Waals surface area contributed by atoms with E-state index in [1.165, 1.54) is 13.8 Å². The summed E-state index contributed by atoms with van der Waals surface area (Å²) in [7, 11) is 0. The minimum Gasteiger partial charge on any atom is -0.480 e. The summed E-state index contributed by atoms with van der Waals surface area (Å²) in [6.45, 7) is 2.88. The van der Waals surface area contributed by atoms with Gasteiger partial charge in [-0.2, -0.15) is 0 Å². The third kappa shape index (κ3) is 3.34. The first-order chi connectivity index (χ1) is 7.42. The third-order valence-electron chi connectivity index (χ3n) is 2.07. The van der Waals surface area contributed by atoms with Gasteiger partial charge in [0.2, 0.25) is 5.91 Å². The quantitative estimate of drug-likeness (QED) is 0.782. The zero-order valence-corrected chi connectivity index (χ0v) is 9.23. The molecule has 1 aromatic heterocycles. The second-order valence-corrected chi connectivity index (χ2v) is 4.02. The summed E-state index contributed by atoms with van der Waals surface area (Å²) < 4.78 is 0. The van der Waals surface area contributed by atoms with Crippen molar-refractivity contribution in [3.8, 4) is 0 Å². The molecule has 0 unspecified atom stereocenters. The molecule has 0 aliphatic carbocycles. The monoisotopic (exact) mass is 222 g/mol. The van der Waals surface area contributed by atoms with Crippen LogP contribution in [0.4, 0.5) is 0 Å². The molecule has 0 aliphatic rings. The van der Waals surface area contributed by atoms with Gasteiger partial charge in [0.15, 0.2) is 0 Å². The average Bonchev–Trinajstić information content (AvgIpc) is 2.17. The van der Waals surface area contributed by atoms with Gasteiger partial charge < -0.3 is 10.4 Å². The normalized spacial score (nSPS) is 10.9. The molecule has 0 fully saturated rings. The van der Waals surface area contributed by atoms with Gasteiger partial charge in [0.1, 0.15) is 5.54 Å². The van der Waals surface area contributed by atoms with Gasteiger partial charge in [-0.15, -0.1) is 0 Å². The van der Waals surface area contributed by atoms with Crippen LogP contribution in [0.5, 0.6) is 0 Å². The Labute approximate surface area is 93.5 Å². The zero-order chi connectivity index (χ0) is 12.2. The maximum Gasteiger partial charge on any atom is 0.328 e. The smallest absolute Gasteiger partial charge is 0.328 e. The topological polar surface area (TPSA) is 79.3 Å². The first-order valence-electron chi connectivity index (χ1n) is 4.85. The number of carboxylic acids is 1. The van der Waals surface area contributed by atoms with E-state index in [4.69, 9.17) is 5.11 Å². The van der Waals surface area contributed by atoms with Gasteiger partial charge in [-0.3, -0.25) is 9.78 Å². The van der Waals surface area contributed by atoms with Crippen molar-refractivity contribution in [2.45, 2.75) is 25.8 Å². The second-order valence-electron chi connectivity index (χ2n) is 4.02. The molecule has 5 nitrogen and oxygen atoms in total.